The SMILES string of the molecule is COc1ccc(CNCC(C)(C)C)cc1[N+](=O)[O-]. The molecule has 1 N–H and O–H groups in total. The zero-order chi connectivity index (χ0) is 13.8. The predicted molar refractivity (Wildman–Crippen MR) is 70.8 cm³/mol. The molecular formula is C13H20N2O3. The van der Waals surface area contributed by atoms with Gasteiger partial charge in [-0.05, 0) is 17.0 Å². The van der Waals surface area contributed by atoms with Crippen LogP contribution in [0.25, 0.3) is 0 Å². The fourth-order valence-electron chi connectivity index (χ4n) is 1.57. The van der Waals surface area contributed by atoms with E-state index < -0.39 is 4.92 Å². The smallest absolute Gasteiger partial charge is 0.311 e. The third-order valence-electron chi connectivity index (χ3n) is 2.42. The van der Waals surface area contributed by atoms with Gasteiger partial charge in [-0.15, -0.1) is 0 Å². The molecule has 18 heavy (non-hydrogen) atoms. The molecule has 0 saturated carbocycles. The van der Waals surface area contributed by atoms with Gasteiger partial charge in [-0.2, -0.15) is 0 Å². The summed E-state index contributed by atoms with van der Waals surface area (Å²) in [6.45, 7) is 7.87. The molecule has 100 valence electrons. The van der Waals surface area contributed by atoms with E-state index in [1.807, 2.05) is 6.07 Å². The number of hydrogen-bond donors (Lipinski definition) is 1. The van der Waals surface area contributed by atoms with E-state index in [-0.39, 0.29) is 11.1 Å². The Labute approximate surface area is 107 Å². The molecule has 5 heteroatoms. The van der Waals surface area contributed by atoms with Crippen LogP contribution in [0.15, 0.2) is 18.2 Å². The first kappa shape index (κ1) is 14.4. The van der Waals surface area contributed by atoms with Gasteiger partial charge in [0.25, 0.3) is 0 Å². The van der Waals surface area contributed by atoms with Crippen LogP contribution in [-0.4, -0.2) is 18.6 Å². The first-order chi connectivity index (χ1) is 8.33. The lowest BCUT2D eigenvalue weighted by Crippen LogP contribution is -2.26. The van der Waals surface area contributed by atoms with Gasteiger partial charge in [-0.25, -0.2) is 0 Å². The van der Waals surface area contributed by atoms with Crippen molar-refractivity contribution in [3.63, 3.8) is 0 Å². The van der Waals surface area contributed by atoms with Crippen LogP contribution in [0, 0.1) is 15.5 Å². The summed E-state index contributed by atoms with van der Waals surface area (Å²) in [6.07, 6.45) is 0. The molecule has 5 nitrogen and oxygen atoms in total. The minimum Gasteiger partial charge on any atom is -0.490 e. The molecule has 0 bridgehead atoms. The van der Waals surface area contributed by atoms with Crippen molar-refractivity contribution in [1.82, 2.24) is 5.32 Å². The number of ether oxygens (including phenoxy) is 1. The Balaban J connectivity index is 2.73. The zero-order valence-corrected chi connectivity index (χ0v) is 11.3. The lowest BCUT2D eigenvalue weighted by Gasteiger charge is -2.18. The summed E-state index contributed by atoms with van der Waals surface area (Å²) in [5, 5.41) is 14.2. The second kappa shape index (κ2) is 5.82. The Hall–Kier alpha value is -1.62. The van der Waals surface area contributed by atoms with E-state index in [9.17, 15) is 10.1 Å². The topological polar surface area (TPSA) is 64.4 Å². The van der Waals surface area contributed by atoms with Gasteiger partial charge in [-0.1, -0.05) is 26.8 Å². The second-order valence-electron chi connectivity index (χ2n) is 5.43. The fraction of sp³-hybridized carbons (Fsp3) is 0.538. The molecule has 0 saturated heterocycles. The van der Waals surface area contributed by atoms with Gasteiger partial charge in [0.1, 0.15) is 0 Å². The summed E-state index contributed by atoms with van der Waals surface area (Å²) >= 11 is 0. The predicted octanol–water partition coefficient (Wildman–Crippen LogP) is 2.74. The van der Waals surface area contributed by atoms with Gasteiger partial charge in [-0.3, -0.25) is 10.1 Å². The highest BCUT2D eigenvalue weighted by atomic mass is 16.6. The van der Waals surface area contributed by atoms with E-state index in [0.717, 1.165) is 12.1 Å². The number of nitrogens with zero attached hydrogens (tertiary/aromatic N) is 1. The molecule has 0 amide bonds. The Morgan fingerprint density at radius 1 is 1.39 bits per heavy atom. The van der Waals surface area contributed by atoms with Crippen LogP contribution in [0.2, 0.25) is 0 Å². The van der Waals surface area contributed by atoms with E-state index in [1.54, 1.807) is 12.1 Å². The lowest BCUT2D eigenvalue weighted by molar-refractivity contribution is -0.385. The van der Waals surface area contributed by atoms with Crippen molar-refractivity contribution >= 4 is 5.69 Å². The van der Waals surface area contributed by atoms with Crippen LogP contribution in [0.4, 0.5) is 5.69 Å². The highest BCUT2D eigenvalue weighted by Crippen LogP contribution is 2.27. The van der Waals surface area contributed by atoms with Gasteiger partial charge >= 0.3 is 5.69 Å². The van der Waals surface area contributed by atoms with Crippen LogP contribution in [0.5, 0.6) is 5.75 Å². The number of nitrogens with one attached hydrogen (secondary N) is 1. The zero-order valence-electron chi connectivity index (χ0n) is 11.3. The van der Waals surface area contributed by atoms with Crippen molar-refractivity contribution in [3.8, 4) is 5.75 Å². The monoisotopic (exact) mass is 252 g/mol. The maximum absolute atomic E-state index is 10.9. The van der Waals surface area contributed by atoms with E-state index in [1.165, 1.54) is 7.11 Å². The molecule has 0 radical (unpaired) electrons. The second-order valence-corrected chi connectivity index (χ2v) is 5.43. The standard InChI is InChI=1S/C13H20N2O3/c1-13(2,3)9-14-8-10-5-6-12(18-4)11(7-10)15(16)17/h5-7,14H,8-9H2,1-4H3. The molecule has 0 unspecified atom stereocenters. The summed E-state index contributed by atoms with van der Waals surface area (Å²) in [6, 6.07) is 5.02. The number of hydrogen-bond acceptors (Lipinski definition) is 4. The first-order valence-electron chi connectivity index (χ1n) is 5.85. The van der Waals surface area contributed by atoms with E-state index in [4.69, 9.17) is 4.74 Å². The molecule has 0 aliphatic heterocycles. The molecule has 0 atom stereocenters. The largest absolute Gasteiger partial charge is 0.490 e. The van der Waals surface area contributed by atoms with Crippen molar-refractivity contribution in [2.75, 3.05) is 13.7 Å². The summed E-state index contributed by atoms with van der Waals surface area (Å²) in [5.74, 6) is 0.291. The van der Waals surface area contributed by atoms with Crippen molar-refractivity contribution in [1.29, 1.82) is 0 Å². The maximum Gasteiger partial charge on any atom is 0.311 e. The first-order valence-corrected chi connectivity index (χ1v) is 5.85. The van der Waals surface area contributed by atoms with Crippen LogP contribution < -0.4 is 10.1 Å². The van der Waals surface area contributed by atoms with Gasteiger partial charge in [0.2, 0.25) is 0 Å². The number of nitro groups is 1. The third kappa shape index (κ3) is 4.33. The van der Waals surface area contributed by atoms with Gasteiger partial charge in [0.05, 0.1) is 12.0 Å². The van der Waals surface area contributed by atoms with E-state index in [0.29, 0.717) is 12.3 Å². The maximum atomic E-state index is 10.9. The molecule has 0 fully saturated rings. The van der Waals surface area contributed by atoms with Crippen molar-refractivity contribution in [3.05, 3.63) is 33.9 Å². The molecule has 0 heterocycles. The van der Waals surface area contributed by atoms with Crippen molar-refractivity contribution < 1.29 is 9.66 Å². The van der Waals surface area contributed by atoms with Gasteiger partial charge in [0, 0.05) is 19.2 Å². The summed E-state index contributed by atoms with van der Waals surface area (Å²) in [4.78, 5) is 10.4. The molecule has 0 aliphatic rings. The Morgan fingerprint density at radius 3 is 2.56 bits per heavy atom. The molecule has 0 aliphatic carbocycles. The van der Waals surface area contributed by atoms with Gasteiger partial charge in [0.15, 0.2) is 5.75 Å². The minimum atomic E-state index is -0.425. The normalized spacial score (nSPS) is 11.3. The van der Waals surface area contributed by atoms with E-state index in [2.05, 4.69) is 26.1 Å². The van der Waals surface area contributed by atoms with Crippen LogP contribution in [-0.2, 0) is 6.54 Å². The molecule has 0 spiro atoms. The fourth-order valence-corrected chi connectivity index (χ4v) is 1.57. The Morgan fingerprint density at radius 2 is 2.06 bits per heavy atom. The molecular weight excluding hydrogens is 232 g/mol. The average molecular weight is 252 g/mol. The number of nitro benzene ring substituents is 1. The molecule has 1 aromatic carbocycles. The quantitative estimate of drug-likeness (QED) is 0.646. The number of methoxy groups -OCH3 is 1. The van der Waals surface area contributed by atoms with Crippen LogP contribution in [0.3, 0.4) is 0 Å². The van der Waals surface area contributed by atoms with Crippen LogP contribution >= 0.6 is 0 Å². The lowest BCUT2D eigenvalue weighted by atomic mass is 9.97. The van der Waals surface area contributed by atoms with Crippen molar-refractivity contribution in [2.45, 2.75) is 27.3 Å². The Bertz CT molecular complexity index is 425. The van der Waals surface area contributed by atoms with Gasteiger partial charge < -0.3 is 10.1 Å². The molecule has 1 aromatic rings. The third-order valence-corrected chi connectivity index (χ3v) is 2.42. The molecule has 0 aromatic heterocycles. The van der Waals surface area contributed by atoms with Crippen molar-refractivity contribution in [2.24, 2.45) is 5.41 Å². The summed E-state index contributed by atoms with van der Waals surface area (Å²) in [5.41, 5.74) is 1.08. The van der Waals surface area contributed by atoms with E-state index >= 15 is 0 Å². The highest BCUT2D eigenvalue weighted by molar-refractivity contribution is 5.48. The number of benzene rings is 1. The van der Waals surface area contributed by atoms with Crippen LogP contribution in [0.1, 0.15) is 26.3 Å². The minimum absolute atomic E-state index is 0.00700. The summed E-state index contributed by atoms with van der Waals surface area (Å²) in [7, 11) is 1.43. The number of rotatable bonds is 5. The molecule has 1 rings (SSSR count). The summed E-state index contributed by atoms with van der Waals surface area (Å²) < 4.78 is 4.96. The highest BCUT2D eigenvalue weighted by Gasteiger charge is 2.15. The Kier molecular flexibility index (Phi) is 4.67. The average Bonchev–Trinajstić information content (AvgIpc) is 2.27.